The fourth-order valence-corrected chi connectivity index (χ4v) is 4.05. The van der Waals surface area contributed by atoms with Crippen molar-refractivity contribution in [3.63, 3.8) is 0 Å². The number of likely N-dealkylation sites (tertiary alicyclic amines) is 1. The van der Waals surface area contributed by atoms with E-state index in [2.05, 4.69) is 0 Å². The Labute approximate surface area is 106 Å². The molecule has 2 bridgehead atoms. The molecule has 0 aromatic rings. The van der Waals surface area contributed by atoms with E-state index in [1.807, 2.05) is 0 Å². The standard InChI is InChI=1S/C13H19NO4/c15-9-5-11(13(17)18)14(6-9)12(16)10-4-7-1-2-8(10)3-7/h7-11,15H,1-6H2,(H,17,18)/t7?,8?,9?,10?,11-/m0/s1. The maximum Gasteiger partial charge on any atom is 0.326 e. The summed E-state index contributed by atoms with van der Waals surface area (Å²) in [6, 6.07) is -0.827. The van der Waals surface area contributed by atoms with E-state index >= 15 is 0 Å². The molecule has 0 radical (unpaired) electrons. The zero-order valence-corrected chi connectivity index (χ0v) is 10.3. The highest BCUT2D eigenvalue weighted by atomic mass is 16.4. The average Bonchev–Trinajstić information content (AvgIpc) is 3.01. The molecule has 18 heavy (non-hydrogen) atoms. The monoisotopic (exact) mass is 253 g/mol. The van der Waals surface area contributed by atoms with Crippen molar-refractivity contribution in [1.82, 2.24) is 4.90 Å². The van der Waals surface area contributed by atoms with Crippen LogP contribution < -0.4 is 0 Å². The Morgan fingerprint density at radius 2 is 1.89 bits per heavy atom. The van der Waals surface area contributed by atoms with Gasteiger partial charge in [0.15, 0.2) is 0 Å². The molecule has 2 N–H and O–H groups in total. The number of amides is 1. The van der Waals surface area contributed by atoms with Gasteiger partial charge in [-0.1, -0.05) is 6.42 Å². The average molecular weight is 253 g/mol. The van der Waals surface area contributed by atoms with Crippen LogP contribution in [0.5, 0.6) is 0 Å². The Morgan fingerprint density at radius 1 is 1.11 bits per heavy atom. The Hall–Kier alpha value is -1.10. The van der Waals surface area contributed by atoms with Gasteiger partial charge < -0.3 is 15.1 Å². The lowest BCUT2D eigenvalue weighted by molar-refractivity contribution is -0.150. The number of β-amino-alcohol motifs (C(OH)–C–C–N with tert-alkyl or cyclic N) is 1. The molecule has 5 atom stereocenters. The van der Waals surface area contributed by atoms with Gasteiger partial charge in [0.2, 0.25) is 5.91 Å². The summed E-state index contributed by atoms with van der Waals surface area (Å²) >= 11 is 0. The third-order valence-corrected chi connectivity index (χ3v) is 4.90. The lowest BCUT2D eigenvalue weighted by Gasteiger charge is -2.28. The summed E-state index contributed by atoms with van der Waals surface area (Å²) in [6.45, 7) is 0.184. The minimum atomic E-state index is -0.997. The van der Waals surface area contributed by atoms with Crippen LogP contribution in [-0.4, -0.2) is 45.7 Å². The fraction of sp³-hybridized carbons (Fsp3) is 0.846. The van der Waals surface area contributed by atoms with Crippen LogP contribution in [0, 0.1) is 17.8 Å². The molecule has 3 rings (SSSR count). The van der Waals surface area contributed by atoms with E-state index in [1.54, 1.807) is 0 Å². The first-order valence-corrected chi connectivity index (χ1v) is 6.77. The predicted molar refractivity (Wildman–Crippen MR) is 62.7 cm³/mol. The quantitative estimate of drug-likeness (QED) is 0.750. The summed E-state index contributed by atoms with van der Waals surface area (Å²) in [7, 11) is 0. The van der Waals surface area contributed by atoms with Gasteiger partial charge in [-0.2, -0.15) is 0 Å². The van der Waals surface area contributed by atoms with Gasteiger partial charge >= 0.3 is 5.97 Å². The summed E-state index contributed by atoms with van der Waals surface area (Å²) in [4.78, 5) is 25.0. The largest absolute Gasteiger partial charge is 0.480 e. The van der Waals surface area contributed by atoms with Crippen molar-refractivity contribution < 1.29 is 19.8 Å². The van der Waals surface area contributed by atoms with Crippen LogP contribution in [-0.2, 0) is 9.59 Å². The molecular weight excluding hydrogens is 234 g/mol. The number of aliphatic carboxylic acids is 1. The number of carboxylic acids is 1. The van der Waals surface area contributed by atoms with Crippen molar-refractivity contribution >= 4 is 11.9 Å². The highest BCUT2D eigenvalue weighted by Crippen LogP contribution is 2.49. The summed E-state index contributed by atoms with van der Waals surface area (Å²) in [5.41, 5.74) is 0. The number of nitrogens with zero attached hydrogens (tertiary/aromatic N) is 1. The van der Waals surface area contributed by atoms with E-state index in [0.29, 0.717) is 11.8 Å². The normalized spacial score (nSPS) is 42.5. The van der Waals surface area contributed by atoms with Gasteiger partial charge in [-0.15, -0.1) is 0 Å². The SMILES string of the molecule is O=C(O)[C@@H]1CC(O)CN1C(=O)C1CC2CCC1C2. The van der Waals surface area contributed by atoms with Crippen LogP contribution in [0.15, 0.2) is 0 Å². The molecule has 1 heterocycles. The maximum atomic E-state index is 12.4. The molecule has 1 amide bonds. The topological polar surface area (TPSA) is 77.8 Å². The Morgan fingerprint density at radius 3 is 2.44 bits per heavy atom. The second-order valence-electron chi connectivity index (χ2n) is 6.02. The number of carbonyl (C=O) groups is 2. The molecule has 1 aliphatic heterocycles. The minimum absolute atomic E-state index is 0.0101. The summed E-state index contributed by atoms with van der Waals surface area (Å²) in [6.07, 6.45) is 3.86. The molecule has 3 fully saturated rings. The van der Waals surface area contributed by atoms with Gasteiger partial charge in [-0.25, -0.2) is 4.79 Å². The van der Waals surface area contributed by atoms with Gasteiger partial charge in [0.05, 0.1) is 6.10 Å². The molecule has 2 aliphatic carbocycles. The Kier molecular flexibility index (Phi) is 2.81. The van der Waals surface area contributed by atoms with Crippen molar-refractivity contribution in [3.05, 3.63) is 0 Å². The summed E-state index contributed by atoms with van der Waals surface area (Å²) in [5.74, 6) is 0.0968. The highest BCUT2D eigenvalue weighted by molar-refractivity contribution is 5.86. The summed E-state index contributed by atoms with van der Waals surface area (Å²) < 4.78 is 0. The van der Waals surface area contributed by atoms with E-state index in [0.717, 1.165) is 19.3 Å². The number of rotatable bonds is 2. The fourth-order valence-electron chi connectivity index (χ4n) is 4.05. The van der Waals surface area contributed by atoms with Crippen molar-refractivity contribution in [3.8, 4) is 0 Å². The van der Waals surface area contributed by atoms with Crippen LogP contribution in [0.1, 0.15) is 32.1 Å². The van der Waals surface area contributed by atoms with E-state index in [-0.39, 0.29) is 24.8 Å². The number of fused-ring (bicyclic) bond motifs is 2. The lowest BCUT2D eigenvalue weighted by atomic mass is 9.87. The predicted octanol–water partition coefficient (Wildman–Crippen LogP) is 0.469. The first kappa shape index (κ1) is 12.0. The van der Waals surface area contributed by atoms with Crippen molar-refractivity contribution in [2.24, 2.45) is 17.8 Å². The molecule has 5 nitrogen and oxygen atoms in total. The molecule has 0 aromatic carbocycles. The maximum absolute atomic E-state index is 12.4. The number of aliphatic hydroxyl groups is 1. The first-order chi connectivity index (χ1) is 8.56. The van der Waals surface area contributed by atoms with Gasteiger partial charge in [0.25, 0.3) is 0 Å². The molecule has 3 aliphatic rings. The Bertz CT molecular complexity index is 383. The smallest absolute Gasteiger partial charge is 0.326 e. The van der Waals surface area contributed by atoms with Crippen molar-refractivity contribution in [1.29, 1.82) is 0 Å². The van der Waals surface area contributed by atoms with Crippen LogP contribution in [0.4, 0.5) is 0 Å². The first-order valence-electron chi connectivity index (χ1n) is 6.77. The molecule has 2 saturated carbocycles. The second-order valence-corrected chi connectivity index (χ2v) is 6.02. The van der Waals surface area contributed by atoms with E-state index < -0.39 is 18.1 Å². The van der Waals surface area contributed by atoms with E-state index in [1.165, 1.54) is 11.3 Å². The number of hydrogen-bond donors (Lipinski definition) is 2. The lowest BCUT2D eigenvalue weighted by Crippen LogP contribution is -2.44. The van der Waals surface area contributed by atoms with Crippen molar-refractivity contribution in [2.75, 3.05) is 6.54 Å². The third kappa shape index (κ3) is 1.81. The molecule has 0 spiro atoms. The second kappa shape index (κ2) is 4.23. The number of carboxylic acid groups (broad SMARTS) is 1. The Balaban J connectivity index is 1.73. The van der Waals surface area contributed by atoms with Gasteiger partial charge in [0.1, 0.15) is 6.04 Å². The van der Waals surface area contributed by atoms with Crippen LogP contribution >= 0.6 is 0 Å². The summed E-state index contributed by atoms with van der Waals surface area (Å²) in [5, 5.41) is 18.7. The number of hydrogen-bond acceptors (Lipinski definition) is 3. The highest BCUT2D eigenvalue weighted by Gasteiger charge is 2.48. The zero-order valence-electron chi connectivity index (χ0n) is 10.3. The molecule has 100 valence electrons. The zero-order chi connectivity index (χ0) is 12.9. The molecular formula is C13H19NO4. The van der Waals surface area contributed by atoms with Crippen molar-refractivity contribution in [2.45, 2.75) is 44.2 Å². The minimum Gasteiger partial charge on any atom is -0.480 e. The number of aliphatic hydroxyl groups excluding tert-OH is 1. The van der Waals surface area contributed by atoms with Crippen LogP contribution in [0.25, 0.3) is 0 Å². The van der Waals surface area contributed by atoms with E-state index in [9.17, 15) is 14.7 Å². The molecule has 4 unspecified atom stereocenters. The van der Waals surface area contributed by atoms with Gasteiger partial charge in [-0.3, -0.25) is 4.79 Å². The molecule has 0 aromatic heterocycles. The van der Waals surface area contributed by atoms with Crippen LogP contribution in [0.3, 0.4) is 0 Å². The molecule has 1 saturated heterocycles. The number of carbonyl (C=O) groups excluding carboxylic acids is 1. The van der Waals surface area contributed by atoms with E-state index in [4.69, 9.17) is 5.11 Å². The van der Waals surface area contributed by atoms with Gasteiger partial charge in [0, 0.05) is 18.9 Å². The molecule has 5 heteroatoms. The third-order valence-electron chi connectivity index (χ3n) is 4.90. The van der Waals surface area contributed by atoms with Crippen LogP contribution in [0.2, 0.25) is 0 Å². The van der Waals surface area contributed by atoms with Gasteiger partial charge in [-0.05, 0) is 31.1 Å².